The minimum atomic E-state index is 0.207. The minimum Gasteiger partial charge on any atom is -0.303 e. The van der Waals surface area contributed by atoms with Gasteiger partial charge in [-0.15, -0.1) is 0 Å². The largest absolute Gasteiger partial charge is 0.303 e. The lowest BCUT2D eigenvalue weighted by atomic mass is 10.0. The molecule has 1 atom stereocenters. The Morgan fingerprint density at radius 1 is 1.31 bits per heavy atom. The van der Waals surface area contributed by atoms with E-state index in [0.717, 1.165) is 6.29 Å². The van der Waals surface area contributed by atoms with Gasteiger partial charge >= 0.3 is 0 Å². The standard InChI is InChI=1S/C11H15NO/c1-12(2)11(8-9-13)10-6-4-3-5-7-10/h3-7,9,11H,8H2,1-2H3. The fraction of sp³-hybridized carbons (Fsp3) is 0.364. The summed E-state index contributed by atoms with van der Waals surface area (Å²) in [5, 5.41) is 0. The predicted molar refractivity (Wildman–Crippen MR) is 53.6 cm³/mol. The summed E-state index contributed by atoms with van der Waals surface area (Å²) < 4.78 is 0. The van der Waals surface area contributed by atoms with Crippen LogP contribution in [0.1, 0.15) is 18.0 Å². The van der Waals surface area contributed by atoms with Crippen LogP contribution in [0.3, 0.4) is 0 Å². The fourth-order valence-electron chi connectivity index (χ4n) is 1.41. The van der Waals surface area contributed by atoms with E-state index in [1.54, 1.807) is 0 Å². The Morgan fingerprint density at radius 2 is 1.92 bits per heavy atom. The summed E-state index contributed by atoms with van der Waals surface area (Å²) in [6, 6.07) is 10.3. The molecule has 0 heterocycles. The molecule has 0 aliphatic rings. The lowest BCUT2D eigenvalue weighted by Gasteiger charge is -2.22. The molecule has 13 heavy (non-hydrogen) atoms. The van der Waals surface area contributed by atoms with E-state index in [9.17, 15) is 4.79 Å². The van der Waals surface area contributed by atoms with E-state index in [-0.39, 0.29) is 6.04 Å². The molecule has 0 saturated carbocycles. The summed E-state index contributed by atoms with van der Waals surface area (Å²) in [6.45, 7) is 0. The SMILES string of the molecule is CN(C)C(CC=O)c1ccccc1. The second-order valence-corrected chi connectivity index (χ2v) is 3.29. The lowest BCUT2D eigenvalue weighted by molar-refractivity contribution is -0.108. The number of carbonyl (C=O) groups is 1. The van der Waals surface area contributed by atoms with Crippen LogP contribution >= 0.6 is 0 Å². The van der Waals surface area contributed by atoms with E-state index >= 15 is 0 Å². The van der Waals surface area contributed by atoms with Crippen molar-refractivity contribution >= 4 is 6.29 Å². The van der Waals surface area contributed by atoms with E-state index in [4.69, 9.17) is 0 Å². The van der Waals surface area contributed by atoms with Gasteiger partial charge in [-0.2, -0.15) is 0 Å². The van der Waals surface area contributed by atoms with Crippen LogP contribution in [0.2, 0.25) is 0 Å². The predicted octanol–water partition coefficient (Wildman–Crippen LogP) is 1.88. The molecule has 0 radical (unpaired) electrons. The Balaban J connectivity index is 2.82. The van der Waals surface area contributed by atoms with Gasteiger partial charge in [0.2, 0.25) is 0 Å². The van der Waals surface area contributed by atoms with E-state index in [1.165, 1.54) is 5.56 Å². The fourth-order valence-corrected chi connectivity index (χ4v) is 1.41. The highest BCUT2D eigenvalue weighted by atomic mass is 16.1. The first-order chi connectivity index (χ1) is 6.25. The van der Waals surface area contributed by atoms with Gasteiger partial charge in [0.15, 0.2) is 0 Å². The van der Waals surface area contributed by atoms with Gasteiger partial charge in [-0.25, -0.2) is 0 Å². The van der Waals surface area contributed by atoms with Crippen LogP contribution in [0.4, 0.5) is 0 Å². The molecule has 2 heteroatoms. The summed E-state index contributed by atoms with van der Waals surface area (Å²) in [5.74, 6) is 0. The van der Waals surface area contributed by atoms with Crippen LogP contribution in [0.5, 0.6) is 0 Å². The lowest BCUT2D eigenvalue weighted by Crippen LogP contribution is -2.20. The second kappa shape index (κ2) is 4.77. The minimum absolute atomic E-state index is 0.207. The van der Waals surface area contributed by atoms with Crippen LogP contribution in [-0.2, 0) is 4.79 Å². The van der Waals surface area contributed by atoms with E-state index in [0.29, 0.717) is 6.42 Å². The summed E-state index contributed by atoms with van der Waals surface area (Å²) in [5.41, 5.74) is 1.19. The molecule has 0 saturated heterocycles. The van der Waals surface area contributed by atoms with Crippen molar-refractivity contribution < 1.29 is 4.79 Å². The number of carbonyl (C=O) groups excluding carboxylic acids is 1. The highest BCUT2D eigenvalue weighted by Gasteiger charge is 2.11. The smallest absolute Gasteiger partial charge is 0.121 e. The highest BCUT2D eigenvalue weighted by molar-refractivity contribution is 5.51. The van der Waals surface area contributed by atoms with Gasteiger partial charge in [-0.1, -0.05) is 30.3 Å². The molecule has 1 rings (SSSR count). The average Bonchev–Trinajstić information content (AvgIpc) is 2.15. The highest BCUT2D eigenvalue weighted by Crippen LogP contribution is 2.19. The number of benzene rings is 1. The Morgan fingerprint density at radius 3 is 2.38 bits per heavy atom. The van der Waals surface area contributed by atoms with Crippen molar-refractivity contribution in [3.8, 4) is 0 Å². The van der Waals surface area contributed by atoms with Gasteiger partial charge in [-0.3, -0.25) is 0 Å². The topological polar surface area (TPSA) is 20.3 Å². The Kier molecular flexibility index (Phi) is 3.65. The number of nitrogens with zero attached hydrogens (tertiary/aromatic N) is 1. The zero-order valence-electron chi connectivity index (χ0n) is 8.10. The van der Waals surface area contributed by atoms with Crippen molar-refractivity contribution in [2.75, 3.05) is 14.1 Å². The molecule has 0 aliphatic heterocycles. The first kappa shape index (κ1) is 9.93. The summed E-state index contributed by atoms with van der Waals surface area (Å²) in [6.07, 6.45) is 1.52. The van der Waals surface area contributed by atoms with Gasteiger partial charge in [0.25, 0.3) is 0 Å². The average molecular weight is 177 g/mol. The first-order valence-corrected chi connectivity index (χ1v) is 4.40. The molecule has 1 aromatic carbocycles. The normalized spacial score (nSPS) is 12.8. The number of rotatable bonds is 4. The number of hydrogen-bond donors (Lipinski definition) is 0. The molecule has 0 amide bonds. The Labute approximate surface area is 79.2 Å². The Bertz CT molecular complexity index is 256. The maximum atomic E-state index is 10.5. The molecule has 0 aromatic heterocycles. The summed E-state index contributed by atoms with van der Waals surface area (Å²) >= 11 is 0. The van der Waals surface area contributed by atoms with Crippen LogP contribution in [0.25, 0.3) is 0 Å². The number of aldehydes is 1. The monoisotopic (exact) mass is 177 g/mol. The van der Waals surface area contributed by atoms with Gasteiger partial charge in [0.1, 0.15) is 6.29 Å². The molecule has 70 valence electrons. The summed E-state index contributed by atoms with van der Waals surface area (Å²) in [7, 11) is 3.97. The maximum Gasteiger partial charge on any atom is 0.121 e. The van der Waals surface area contributed by atoms with Crippen molar-refractivity contribution in [2.24, 2.45) is 0 Å². The zero-order chi connectivity index (χ0) is 9.68. The van der Waals surface area contributed by atoms with Gasteiger partial charge < -0.3 is 9.69 Å². The second-order valence-electron chi connectivity index (χ2n) is 3.29. The van der Waals surface area contributed by atoms with E-state index in [2.05, 4.69) is 4.90 Å². The van der Waals surface area contributed by atoms with Crippen LogP contribution < -0.4 is 0 Å². The quantitative estimate of drug-likeness (QED) is 0.654. The van der Waals surface area contributed by atoms with Crippen molar-refractivity contribution in [1.29, 1.82) is 0 Å². The van der Waals surface area contributed by atoms with Crippen molar-refractivity contribution in [2.45, 2.75) is 12.5 Å². The molecular formula is C11H15NO. The number of hydrogen-bond acceptors (Lipinski definition) is 2. The zero-order valence-corrected chi connectivity index (χ0v) is 8.10. The molecule has 1 aromatic rings. The summed E-state index contributed by atoms with van der Waals surface area (Å²) in [4.78, 5) is 12.5. The van der Waals surface area contributed by atoms with Crippen molar-refractivity contribution in [3.63, 3.8) is 0 Å². The van der Waals surface area contributed by atoms with Crippen LogP contribution in [-0.4, -0.2) is 25.3 Å². The van der Waals surface area contributed by atoms with E-state index < -0.39 is 0 Å². The molecule has 2 nitrogen and oxygen atoms in total. The van der Waals surface area contributed by atoms with Gasteiger partial charge in [-0.05, 0) is 19.7 Å². The van der Waals surface area contributed by atoms with Crippen LogP contribution in [0.15, 0.2) is 30.3 Å². The molecule has 0 N–H and O–H groups in total. The molecule has 0 aliphatic carbocycles. The van der Waals surface area contributed by atoms with Crippen LogP contribution in [0, 0.1) is 0 Å². The maximum absolute atomic E-state index is 10.5. The first-order valence-electron chi connectivity index (χ1n) is 4.40. The van der Waals surface area contributed by atoms with E-state index in [1.807, 2.05) is 44.4 Å². The van der Waals surface area contributed by atoms with Crippen molar-refractivity contribution in [1.82, 2.24) is 4.90 Å². The molecule has 0 fully saturated rings. The van der Waals surface area contributed by atoms with Crippen molar-refractivity contribution in [3.05, 3.63) is 35.9 Å². The van der Waals surface area contributed by atoms with Gasteiger partial charge in [0, 0.05) is 12.5 Å². The third-order valence-electron chi connectivity index (χ3n) is 2.13. The molecule has 1 unspecified atom stereocenters. The Hall–Kier alpha value is -1.15. The third kappa shape index (κ3) is 2.67. The van der Waals surface area contributed by atoms with Gasteiger partial charge in [0.05, 0.1) is 0 Å². The molecule has 0 spiro atoms. The molecular weight excluding hydrogens is 162 g/mol. The third-order valence-corrected chi connectivity index (χ3v) is 2.13. The molecule has 0 bridgehead atoms.